The van der Waals surface area contributed by atoms with Crippen LogP contribution < -0.4 is 0 Å². The Hall–Kier alpha value is -1.35. The number of carboxylic acids is 1. The molecule has 3 aliphatic heterocycles. The minimum atomic E-state index is -1.73. The number of allylic oxidation sites excluding steroid dienone is 2. The highest BCUT2D eigenvalue weighted by Crippen LogP contribution is 2.76. The number of hydrogen-bond donors (Lipinski definition) is 9. The van der Waals surface area contributed by atoms with Crippen LogP contribution in [-0.2, 0) is 33.2 Å². The molecule has 5 aliphatic carbocycles. The number of rotatable bonds is 8. The van der Waals surface area contributed by atoms with Gasteiger partial charge in [-0.2, -0.15) is 0 Å². The summed E-state index contributed by atoms with van der Waals surface area (Å²) in [4.78, 5) is 13.1. The lowest BCUT2D eigenvalue weighted by molar-refractivity contribution is -0.379. The predicted molar refractivity (Wildman–Crippen MR) is 219 cm³/mol. The average Bonchev–Trinajstić information content (AvgIpc) is 3.21. The van der Waals surface area contributed by atoms with Crippen molar-refractivity contribution in [3.63, 3.8) is 0 Å². The molecule has 22 atom stereocenters. The summed E-state index contributed by atoms with van der Waals surface area (Å²) in [6.45, 7) is 14.5. The van der Waals surface area contributed by atoms with Crippen molar-refractivity contribution in [1.29, 1.82) is 0 Å². The van der Waals surface area contributed by atoms with Crippen molar-refractivity contribution in [2.45, 2.75) is 199 Å². The van der Waals surface area contributed by atoms with Gasteiger partial charge in [-0.25, -0.2) is 0 Å². The molecule has 9 N–H and O–H groups in total. The van der Waals surface area contributed by atoms with E-state index in [0.717, 1.165) is 44.9 Å². The summed E-state index contributed by atoms with van der Waals surface area (Å²) < 4.78 is 36.0. The van der Waals surface area contributed by atoms with Crippen LogP contribution in [0.2, 0.25) is 0 Å². The Morgan fingerprint density at radius 3 is 2.03 bits per heavy atom. The van der Waals surface area contributed by atoms with E-state index < -0.39 is 103 Å². The van der Waals surface area contributed by atoms with Gasteiger partial charge < -0.3 is 74.4 Å². The highest BCUT2D eigenvalue weighted by Gasteiger charge is 2.70. The second-order valence-electron chi connectivity index (χ2n) is 22.4. The molecule has 8 rings (SSSR count). The fourth-order valence-corrected chi connectivity index (χ4v) is 14.5. The smallest absolute Gasteiger partial charge is 0.310 e. The minimum absolute atomic E-state index is 0.00631. The lowest BCUT2D eigenvalue weighted by Gasteiger charge is -2.71. The van der Waals surface area contributed by atoms with Gasteiger partial charge in [0.25, 0.3) is 0 Å². The van der Waals surface area contributed by atoms with E-state index in [2.05, 4.69) is 47.6 Å². The molecule has 0 aromatic rings. The third-order valence-corrected chi connectivity index (χ3v) is 18.7. The van der Waals surface area contributed by atoms with Gasteiger partial charge in [-0.3, -0.25) is 4.79 Å². The van der Waals surface area contributed by atoms with Crippen LogP contribution in [0.5, 0.6) is 0 Å². The van der Waals surface area contributed by atoms with E-state index in [0.29, 0.717) is 19.3 Å². The van der Waals surface area contributed by atoms with E-state index in [9.17, 15) is 50.8 Å². The molecule has 7 fully saturated rings. The second-order valence-corrected chi connectivity index (χ2v) is 22.4. The third kappa shape index (κ3) is 7.19. The summed E-state index contributed by atoms with van der Waals surface area (Å²) in [7, 11) is 0. The van der Waals surface area contributed by atoms with Crippen LogP contribution >= 0.6 is 0 Å². The quantitative estimate of drug-likeness (QED) is 0.125. The van der Waals surface area contributed by atoms with Crippen LogP contribution in [0, 0.1) is 50.2 Å². The van der Waals surface area contributed by atoms with E-state index >= 15 is 0 Å². The molecular formula is C46H74O16. The molecular weight excluding hydrogens is 808 g/mol. The first-order valence-electron chi connectivity index (χ1n) is 23.1. The first kappa shape index (κ1) is 47.2. The minimum Gasteiger partial charge on any atom is -0.481 e. The van der Waals surface area contributed by atoms with Crippen LogP contribution in [0.15, 0.2) is 11.6 Å². The maximum atomic E-state index is 13.1. The summed E-state index contributed by atoms with van der Waals surface area (Å²) in [6.07, 6.45) is -9.19. The fraction of sp³-hybridized carbons (Fsp3) is 0.935. The van der Waals surface area contributed by atoms with Crippen LogP contribution in [-0.4, -0.2) is 158 Å². The Bertz CT molecular complexity index is 1690. The zero-order valence-corrected chi connectivity index (χ0v) is 37.5. The van der Waals surface area contributed by atoms with E-state index in [-0.39, 0.29) is 59.2 Å². The second kappa shape index (κ2) is 16.5. The van der Waals surface area contributed by atoms with Crippen LogP contribution in [0.25, 0.3) is 0 Å². The monoisotopic (exact) mass is 882 g/mol. The molecule has 0 amide bonds. The molecule has 4 saturated carbocycles. The zero-order chi connectivity index (χ0) is 45.1. The van der Waals surface area contributed by atoms with Gasteiger partial charge in [0.1, 0.15) is 54.9 Å². The molecule has 0 spiro atoms. The summed E-state index contributed by atoms with van der Waals surface area (Å²) >= 11 is 0. The summed E-state index contributed by atoms with van der Waals surface area (Å²) in [6, 6.07) is 0. The van der Waals surface area contributed by atoms with Crippen molar-refractivity contribution in [2.24, 2.45) is 50.2 Å². The Labute approximate surface area is 364 Å². The van der Waals surface area contributed by atoms with E-state index in [1.807, 2.05) is 0 Å². The van der Waals surface area contributed by atoms with Gasteiger partial charge in [0, 0.05) is 5.41 Å². The average molecular weight is 883 g/mol. The maximum Gasteiger partial charge on any atom is 0.310 e. The Morgan fingerprint density at radius 2 is 1.35 bits per heavy atom. The van der Waals surface area contributed by atoms with Gasteiger partial charge in [-0.05, 0) is 111 Å². The van der Waals surface area contributed by atoms with Crippen molar-refractivity contribution >= 4 is 5.97 Å². The molecule has 3 heterocycles. The van der Waals surface area contributed by atoms with E-state index in [1.54, 1.807) is 0 Å². The van der Waals surface area contributed by atoms with E-state index in [4.69, 9.17) is 28.4 Å². The Balaban J connectivity index is 1.02. The lowest BCUT2D eigenvalue weighted by atomic mass is 9.33. The fourth-order valence-electron chi connectivity index (χ4n) is 14.5. The number of hydrogen-bond acceptors (Lipinski definition) is 15. The van der Waals surface area contributed by atoms with Crippen molar-refractivity contribution < 1.29 is 79.2 Å². The van der Waals surface area contributed by atoms with Gasteiger partial charge in [0.05, 0.1) is 37.4 Å². The standard InChI is InChI=1S/C46H74O16/c1-22-30(50)35(61-37-33(53)31(51)25(48)19-57-37)34(54)38(59-22)62-36-32(52)26(49)20-58-39(36)60-29-11-12-42(4)27(43(29,5)21-47)10-13-45(7)28(42)9-8-23-24-18-41(2,3)14-16-46(24,40(55)56)17-15-44(23,45)6/h8,22,24-39,47-54H,9-21H2,1-7H3,(H,55,56)/t22-,24+,25-,26-,27+,28+,29-,30-,31+,32+,33-,34-,35+,36-,37+,38+,39+,42-,43-,44+,45+,46+/m0/s1. The van der Waals surface area contributed by atoms with Crippen molar-refractivity contribution in [1.82, 2.24) is 0 Å². The molecule has 0 aromatic carbocycles. The summed E-state index contributed by atoms with van der Waals surface area (Å²) in [5.74, 6) is -0.342. The van der Waals surface area contributed by atoms with Gasteiger partial charge in [0.2, 0.25) is 0 Å². The highest BCUT2D eigenvalue weighted by atomic mass is 16.8. The number of aliphatic hydroxyl groups is 8. The molecule has 16 nitrogen and oxygen atoms in total. The Morgan fingerprint density at radius 1 is 0.710 bits per heavy atom. The molecule has 3 saturated heterocycles. The van der Waals surface area contributed by atoms with Crippen LogP contribution in [0.1, 0.15) is 113 Å². The SMILES string of the molecule is C[C@@H]1O[C@H](O[C@@H]2[C@@H](O[C@H]3CC[C@@]4(C)[C@@H](CC[C@]5(C)[C@@H]4CC=C4[C@H]6CC(C)(C)CC[C@@]6(C(=O)O)CC[C@]45C)[C@]3(C)CO)OC[C@H](O)[C@H]2O)[C@@H](O)[C@H](O[C@H]2OC[C@H](O)[C@@H](O)[C@@H]2O)[C@H]1O. The predicted octanol–water partition coefficient (Wildman–Crippen LogP) is 1.98. The first-order valence-corrected chi connectivity index (χ1v) is 23.1. The number of ether oxygens (including phenoxy) is 6. The molecule has 0 bridgehead atoms. The molecule has 16 heteroatoms. The summed E-state index contributed by atoms with van der Waals surface area (Å²) in [5, 5.41) is 97.4. The number of aliphatic hydroxyl groups excluding tert-OH is 8. The lowest BCUT2D eigenvalue weighted by Crippen LogP contribution is -2.67. The van der Waals surface area contributed by atoms with Gasteiger partial charge in [-0.15, -0.1) is 0 Å². The molecule has 8 aliphatic rings. The van der Waals surface area contributed by atoms with Gasteiger partial charge >= 0.3 is 5.97 Å². The van der Waals surface area contributed by atoms with Crippen LogP contribution in [0.3, 0.4) is 0 Å². The number of carboxylic acid groups (broad SMARTS) is 1. The van der Waals surface area contributed by atoms with Crippen molar-refractivity contribution in [3.8, 4) is 0 Å². The van der Waals surface area contributed by atoms with Gasteiger partial charge in [0.15, 0.2) is 18.9 Å². The normalized spacial score (nSPS) is 55.1. The van der Waals surface area contributed by atoms with Crippen molar-refractivity contribution in [2.75, 3.05) is 19.8 Å². The van der Waals surface area contributed by atoms with Gasteiger partial charge in [-0.1, -0.05) is 53.2 Å². The van der Waals surface area contributed by atoms with Crippen molar-refractivity contribution in [3.05, 3.63) is 11.6 Å². The zero-order valence-electron chi connectivity index (χ0n) is 37.5. The largest absolute Gasteiger partial charge is 0.481 e. The first-order chi connectivity index (χ1) is 29.0. The topological polar surface area (TPSA) is 255 Å². The Kier molecular flexibility index (Phi) is 12.5. The molecule has 354 valence electrons. The molecule has 0 aromatic heterocycles. The molecule has 62 heavy (non-hydrogen) atoms. The molecule has 0 radical (unpaired) electrons. The number of carbonyl (C=O) groups is 1. The van der Waals surface area contributed by atoms with E-state index in [1.165, 1.54) is 12.5 Å². The number of fused-ring (bicyclic) bond motifs is 7. The maximum absolute atomic E-state index is 13.1. The number of aliphatic carboxylic acids is 1. The third-order valence-electron chi connectivity index (χ3n) is 18.7. The highest BCUT2D eigenvalue weighted by molar-refractivity contribution is 5.76. The van der Waals surface area contributed by atoms with Crippen LogP contribution in [0.4, 0.5) is 0 Å². The summed E-state index contributed by atoms with van der Waals surface area (Å²) in [5.41, 5.74) is -0.519. The molecule has 0 unspecified atom stereocenters.